The molecule has 0 saturated carbocycles. The molecule has 3 N–H and O–H groups in total. The third kappa shape index (κ3) is 2.82. The Morgan fingerprint density at radius 2 is 2.21 bits per heavy atom. The first-order valence-corrected chi connectivity index (χ1v) is 5.50. The van der Waals surface area contributed by atoms with Gasteiger partial charge in [-0.3, -0.25) is 4.79 Å². The van der Waals surface area contributed by atoms with Gasteiger partial charge in [-0.15, -0.1) is 11.3 Å². The van der Waals surface area contributed by atoms with Gasteiger partial charge in [0.2, 0.25) is 0 Å². The van der Waals surface area contributed by atoms with E-state index in [-0.39, 0.29) is 18.0 Å². The predicted octanol–water partition coefficient (Wildman–Crippen LogP) is 1.52. The molecule has 0 radical (unpaired) electrons. The minimum Gasteiger partial charge on any atom is -0.348 e. The molecule has 0 aromatic carbocycles. The number of hydrogen-bond donors (Lipinski definition) is 2. The number of aryl methyl sites for hydroxylation is 1. The molecule has 2 atom stereocenters. The maximum atomic E-state index is 11.6. The second-order valence-corrected chi connectivity index (χ2v) is 4.68. The number of carbonyl (C=O) groups excluding carboxylic acids is 1. The number of rotatable bonds is 3. The lowest BCUT2D eigenvalue weighted by atomic mass is 10.2. The van der Waals surface area contributed by atoms with E-state index in [1.807, 2.05) is 32.2 Å². The molecular weight excluding hydrogens is 196 g/mol. The number of nitrogens with one attached hydrogen (secondary N) is 1. The predicted molar refractivity (Wildman–Crippen MR) is 59.6 cm³/mol. The van der Waals surface area contributed by atoms with Crippen LogP contribution in [0.3, 0.4) is 0 Å². The standard InChI is InChI=1S/C10H16N2OS/c1-6-4-9(5-14-6)10(13)12-8(3)7(2)11/h4-5,7-8H,11H2,1-3H3,(H,12,13). The highest BCUT2D eigenvalue weighted by Crippen LogP contribution is 2.12. The second-order valence-electron chi connectivity index (χ2n) is 3.57. The first-order valence-electron chi connectivity index (χ1n) is 4.62. The van der Waals surface area contributed by atoms with E-state index in [0.29, 0.717) is 0 Å². The van der Waals surface area contributed by atoms with Gasteiger partial charge in [0.1, 0.15) is 0 Å². The lowest BCUT2D eigenvalue weighted by Gasteiger charge is -2.16. The third-order valence-corrected chi connectivity index (χ3v) is 3.00. The summed E-state index contributed by atoms with van der Waals surface area (Å²) in [5, 5.41) is 4.71. The monoisotopic (exact) mass is 212 g/mol. The van der Waals surface area contributed by atoms with Crippen LogP contribution in [0.2, 0.25) is 0 Å². The van der Waals surface area contributed by atoms with Crippen LogP contribution in [0.15, 0.2) is 11.4 Å². The molecule has 1 rings (SSSR count). The average molecular weight is 212 g/mol. The zero-order chi connectivity index (χ0) is 10.7. The normalized spacial score (nSPS) is 14.9. The summed E-state index contributed by atoms with van der Waals surface area (Å²) in [6, 6.07) is 1.86. The van der Waals surface area contributed by atoms with Gasteiger partial charge in [0.15, 0.2) is 0 Å². The molecule has 4 heteroatoms. The topological polar surface area (TPSA) is 55.1 Å². The average Bonchev–Trinajstić information content (AvgIpc) is 2.51. The van der Waals surface area contributed by atoms with Crippen LogP contribution in [-0.4, -0.2) is 18.0 Å². The summed E-state index contributed by atoms with van der Waals surface area (Å²) in [7, 11) is 0. The summed E-state index contributed by atoms with van der Waals surface area (Å²) < 4.78 is 0. The van der Waals surface area contributed by atoms with E-state index >= 15 is 0 Å². The van der Waals surface area contributed by atoms with E-state index in [2.05, 4.69) is 5.32 Å². The number of carbonyl (C=O) groups is 1. The Morgan fingerprint density at radius 1 is 1.57 bits per heavy atom. The molecular formula is C10H16N2OS. The highest BCUT2D eigenvalue weighted by Gasteiger charge is 2.13. The highest BCUT2D eigenvalue weighted by atomic mass is 32.1. The van der Waals surface area contributed by atoms with Gasteiger partial charge in [-0.25, -0.2) is 0 Å². The summed E-state index contributed by atoms with van der Waals surface area (Å²) in [5.74, 6) is -0.0425. The van der Waals surface area contributed by atoms with Gasteiger partial charge < -0.3 is 11.1 Å². The zero-order valence-corrected chi connectivity index (χ0v) is 9.52. The molecule has 14 heavy (non-hydrogen) atoms. The van der Waals surface area contributed by atoms with Crippen LogP contribution < -0.4 is 11.1 Å². The van der Waals surface area contributed by atoms with E-state index in [1.165, 1.54) is 0 Å². The minimum atomic E-state index is -0.0425. The maximum Gasteiger partial charge on any atom is 0.252 e. The van der Waals surface area contributed by atoms with E-state index in [0.717, 1.165) is 10.4 Å². The van der Waals surface area contributed by atoms with Gasteiger partial charge in [-0.05, 0) is 26.8 Å². The maximum absolute atomic E-state index is 11.6. The molecule has 0 fully saturated rings. The number of hydrogen-bond acceptors (Lipinski definition) is 3. The molecule has 2 unspecified atom stereocenters. The van der Waals surface area contributed by atoms with Crippen molar-refractivity contribution >= 4 is 17.2 Å². The van der Waals surface area contributed by atoms with Crippen molar-refractivity contribution in [2.75, 3.05) is 0 Å². The molecule has 3 nitrogen and oxygen atoms in total. The van der Waals surface area contributed by atoms with Gasteiger partial charge in [0, 0.05) is 22.3 Å². The first-order chi connectivity index (χ1) is 6.50. The fraction of sp³-hybridized carbons (Fsp3) is 0.500. The number of thiophene rings is 1. The third-order valence-electron chi connectivity index (χ3n) is 2.14. The zero-order valence-electron chi connectivity index (χ0n) is 8.70. The van der Waals surface area contributed by atoms with Gasteiger partial charge in [0.05, 0.1) is 5.56 Å². The summed E-state index contributed by atoms with van der Waals surface area (Å²) in [5.41, 5.74) is 6.38. The lowest BCUT2D eigenvalue weighted by Crippen LogP contribution is -2.43. The first kappa shape index (κ1) is 11.2. The van der Waals surface area contributed by atoms with Gasteiger partial charge in [0.25, 0.3) is 5.91 Å². The smallest absolute Gasteiger partial charge is 0.252 e. The summed E-state index contributed by atoms with van der Waals surface area (Å²) in [6.45, 7) is 5.77. The van der Waals surface area contributed by atoms with Gasteiger partial charge in [-0.1, -0.05) is 0 Å². The molecule has 0 bridgehead atoms. The molecule has 0 aliphatic rings. The lowest BCUT2D eigenvalue weighted by molar-refractivity contribution is 0.0936. The molecule has 0 aliphatic carbocycles. The van der Waals surface area contributed by atoms with Crippen molar-refractivity contribution < 1.29 is 4.79 Å². The van der Waals surface area contributed by atoms with Crippen molar-refractivity contribution in [3.63, 3.8) is 0 Å². The van der Waals surface area contributed by atoms with Crippen LogP contribution in [0.5, 0.6) is 0 Å². The Labute approximate surface area is 88.3 Å². The minimum absolute atomic E-state index is 0.00251. The summed E-state index contributed by atoms with van der Waals surface area (Å²) >= 11 is 1.58. The van der Waals surface area contributed by atoms with Crippen LogP contribution in [0.25, 0.3) is 0 Å². The highest BCUT2D eigenvalue weighted by molar-refractivity contribution is 7.10. The van der Waals surface area contributed by atoms with E-state index in [9.17, 15) is 4.79 Å². The van der Waals surface area contributed by atoms with Gasteiger partial charge >= 0.3 is 0 Å². The Hall–Kier alpha value is -0.870. The van der Waals surface area contributed by atoms with E-state index in [1.54, 1.807) is 11.3 Å². The fourth-order valence-electron chi connectivity index (χ4n) is 0.984. The molecule has 1 aromatic rings. The van der Waals surface area contributed by atoms with Crippen LogP contribution in [-0.2, 0) is 0 Å². The molecule has 0 spiro atoms. The van der Waals surface area contributed by atoms with Crippen LogP contribution >= 0.6 is 11.3 Å². The molecule has 1 amide bonds. The number of amides is 1. The Kier molecular flexibility index (Phi) is 3.66. The fourth-order valence-corrected chi connectivity index (χ4v) is 1.67. The van der Waals surface area contributed by atoms with Crippen LogP contribution in [0.1, 0.15) is 29.1 Å². The van der Waals surface area contributed by atoms with E-state index in [4.69, 9.17) is 5.73 Å². The van der Waals surface area contributed by atoms with Crippen molar-refractivity contribution in [2.45, 2.75) is 32.9 Å². The molecule has 0 saturated heterocycles. The molecule has 0 aliphatic heterocycles. The molecule has 1 aromatic heterocycles. The largest absolute Gasteiger partial charge is 0.348 e. The number of nitrogens with two attached hydrogens (primary N) is 1. The van der Waals surface area contributed by atoms with Crippen molar-refractivity contribution in [2.24, 2.45) is 5.73 Å². The Balaban J connectivity index is 2.59. The van der Waals surface area contributed by atoms with Crippen molar-refractivity contribution in [3.05, 3.63) is 21.9 Å². The molecule has 78 valence electrons. The van der Waals surface area contributed by atoms with Crippen LogP contribution in [0, 0.1) is 6.92 Å². The summed E-state index contributed by atoms with van der Waals surface area (Å²) in [6.07, 6.45) is 0. The van der Waals surface area contributed by atoms with E-state index < -0.39 is 0 Å². The van der Waals surface area contributed by atoms with Crippen LogP contribution in [0.4, 0.5) is 0 Å². The summed E-state index contributed by atoms with van der Waals surface area (Å²) in [4.78, 5) is 12.8. The second kappa shape index (κ2) is 4.57. The van der Waals surface area contributed by atoms with Crippen molar-refractivity contribution in [1.29, 1.82) is 0 Å². The Bertz CT molecular complexity index is 320. The molecule has 1 heterocycles. The quantitative estimate of drug-likeness (QED) is 0.798. The SMILES string of the molecule is Cc1cc(C(=O)NC(C)C(C)N)cs1. The van der Waals surface area contributed by atoms with Crippen molar-refractivity contribution in [3.8, 4) is 0 Å². The Morgan fingerprint density at radius 3 is 2.64 bits per heavy atom. The van der Waals surface area contributed by atoms with Crippen molar-refractivity contribution in [1.82, 2.24) is 5.32 Å². The van der Waals surface area contributed by atoms with Gasteiger partial charge in [-0.2, -0.15) is 0 Å².